The molecule has 14 nitrogen and oxygen atoms in total. The number of carboxylic acid groups (broad SMARTS) is 3. The van der Waals surface area contributed by atoms with Crippen LogP contribution in [0.25, 0.3) is 0 Å². The van der Waals surface area contributed by atoms with Crippen LogP contribution in [-0.4, -0.2) is 112 Å². The van der Waals surface area contributed by atoms with Crippen LogP contribution in [0.3, 0.4) is 0 Å². The summed E-state index contributed by atoms with van der Waals surface area (Å²) in [5, 5.41) is 29.8. The van der Waals surface area contributed by atoms with Crippen molar-refractivity contribution < 1.29 is 88.3 Å². The SMILES string of the molecule is CCOC(=O)[C@@H](N[C@@H](C)C(=O)N1C[C@@H](NC(=O)C[C@H](N)Cc2cc(F)c(F)cc2F)C[C@H]1C(=O)O)C1CCCCC1.O=C(O)C(F)(F)F.O=C(O)C(F)(F)F. The van der Waals surface area contributed by atoms with E-state index in [1.54, 1.807) is 13.8 Å². The number of aliphatic carboxylic acids is 3. The second-order valence-electron chi connectivity index (χ2n) is 12.5. The number of amides is 2. The molecule has 0 aromatic heterocycles. The molecule has 7 N–H and O–H groups in total. The standard InChI is InChI=1S/C28H39F3N4O6.2C2HF3O2/c1-3-41-28(40)25(16-7-5-4-6-8-16)33-15(2)26(37)35-14-19(12-23(35)27(38)39)34-24(36)11-18(32)9-17-10-21(30)22(31)13-20(17)29;2*3-2(4,5)1(6)7/h10,13,15-16,18-19,23,25,33H,3-9,11-12,14,32H2,1-2H3,(H,34,36)(H,38,39);2*(H,6,7)/t15-,18+,19-,23-,25-;;/m0../s1. The second-order valence-corrected chi connectivity index (χ2v) is 12.5. The van der Waals surface area contributed by atoms with Crippen LogP contribution in [0.1, 0.15) is 64.4 Å². The third-order valence-corrected chi connectivity index (χ3v) is 8.20. The van der Waals surface area contributed by atoms with E-state index in [9.17, 15) is 63.8 Å². The maximum atomic E-state index is 13.9. The molecular formula is C32H41F9N4O10. The highest BCUT2D eigenvalue weighted by Gasteiger charge is 2.43. The Labute approximate surface area is 307 Å². The van der Waals surface area contributed by atoms with Crippen molar-refractivity contribution in [2.75, 3.05) is 13.2 Å². The number of esters is 1. The first-order valence-electron chi connectivity index (χ1n) is 16.5. The molecule has 0 radical (unpaired) electrons. The van der Waals surface area contributed by atoms with Gasteiger partial charge < -0.3 is 36.0 Å². The minimum Gasteiger partial charge on any atom is -0.480 e. The lowest BCUT2D eigenvalue weighted by molar-refractivity contribution is -0.193. The Balaban J connectivity index is 0.000000913. The van der Waals surface area contributed by atoms with E-state index in [4.69, 9.17) is 30.3 Å². The number of alkyl halides is 6. The van der Waals surface area contributed by atoms with Gasteiger partial charge in [0.2, 0.25) is 11.8 Å². The van der Waals surface area contributed by atoms with Crippen molar-refractivity contribution in [1.29, 1.82) is 0 Å². The summed E-state index contributed by atoms with van der Waals surface area (Å²) in [6, 6.07) is -3.29. The minimum absolute atomic E-state index is 0.00280. The van der Waals surface area contributed by atoms with E-state index < -0.39 is 95.7 Å². The Morgan fingerprint density at radius 1 is 0.891 bits per heavy atom. The van der Waals surface area contributed by atoms with Crippen LogP contribution in [-0.2, 0) is 39.9 Å². The van der Waals surface area contributed by atoms with Crippen molar-refractivity contribution in [3.05, 3.63) is 35.1 Å². The van der Waals surface area contributed by atoms with Gasteiger partial charge in [0.25, 0.3) is 0 Å². The predicted molar refractivity (Wildman–Crippen MR) is 169 cm³/mol. The molecule has 1 aliphatic carbocycles. The van der Waals surface area contributed by atoms with Crippen LogP contribution >= 0.6 is 0 Å². The number of rotatable bonds is 12. The number of nitrogens with two attached hydrogens (primary N) is 1. The zero-order valence-electron chi connectivity index (χ0n) is 29.3. The molecule has 1 aromatic rings. The van der Waals surface area contributed by atoms with Gasteiger partial charge in [-0.05, 0) is 50.7 Å². The van der Waals surface area contributed by atoms with Crippen LogP contribution in [0.5, 0.6) is 0 Å². The molecule has 1 saturated heterocycles. The molecule has 3 rings (SSSR count). The first kappa shape index (κ1) is 48.3. The van der Waals surface area contributed by atoms with Gasteiger partial charge in [-0.3, -0.25) is 19.7 Å². The lowest BCUT2D eigenvalue weighted by Gasteiger charge is -2.33. The number of carbonyl (C=O) groups excluding carboxylic acids is 3. The van der Waals surface area contributed by atoms with Gasteiger partial charge in [-0.15, -0.1) is 0 Å². The molecule has 1 aromatic carbocycles. The Morgan fingerprint density at radius 2 is 1.40 bits per heavy atom. The Kier molecular flexibility index (Phi) is 18.8. The fraction of sp³-hybridized carbons (Fsp3) is 0.625. The summed E-state index contributed by atoms with van der Waals surface area (Å²) in [4.78, 5) is 69.6. The molecule has 0 bridgehead atoms. The summed E-state index contributed by atoms with van der Waals surface area (Å²) >= 11 is 0. The molecule has 55 heavy (non-hydrogen) atoms. The maximum Gasteiger partial charge on any atom is 0.490 e. The van der Waals surface area contributed by atoms with E-state index in [0.29, 0.717) is 12.1 Å². The van der Waals surface area contributed by atoms with Gasteiger partial charge in [0.1, 0.15) is 17.9 Å². The summed E-state index contributed by atoms with van der Waals surface area (Å²) in [6.45, 7) is 3.39. The molecule has 2 fully saturated rings. The van der Waals surface area contributed by atoms with Crippen LogP contribution in [0, 0.1) is 23.4 Å². The molecule has 1 heterocycles. The lowest BCUT2D eigenvalue weighted by atomic mass is 9.83. The van der Waals surface area contributed by atoms with Crippen molar-refractivity contribution in [1.82, 2.24) is 15.5 Å². The number of carboxylic acids is 3. The number of halogens is 9. The third kappa shape index (κ3) is 16.3. The highest BCUT2D eigenvalue weighted by atomic mass is 19.4. The summed E-state index contributed by atoms with van der Waals surface area (Å²) in [5.41, 5.74) is 5.76. The molecule has 23 heteroatoms. The van der Waals surface area contributed by atoms with E-state index >= 15 is 0 Å². The van der Waals surface area contributed by atoms with Crippen LogP contribution in [0.4, 0.5) is 39.5 Å². The first-order chi connectivity index (χ1) is 25.3. The fourth-order valence-corrected chi connectivity index (χ4v) is 5.70. The van der Waals surface area contributed by atoms with Gasteiger partial charge in [0.05, 0.1) is 12.6 Å². The van der Waals surface area contributed by atoms with E-state index in [-0.39, 0.29) is 43.9 Å². The Morgan fingerprint density at radius 3 is 1.87 bits per heavy atom. The quantitative estimate of drug-likeness (QED) is 0.102. The van der Waals surface area contributed by atoms with E-state index in [1.807, 2.05) is 0 Å². The molecular weight excluding hydrogens is 771 g/mol. The van der Waals surface area contributed by atoms with Crippen LogP contribution < -0.4 is 16.4 Å². The van der Waals surface area contributed by atoms with Gasteiger partial charge in [0.15, 0.2) is 11.6 Å². The zero-order valence-corrected chi connectivity index (χ0v) is 29.3. The number of benzene rings is 1. The number of hydrogen-bond donors (Lipinski definition) is 6. The van der Waals surface area contributed by atoms with E-state index in [1.165, 1.54) is 4.90 Å². The van der Waals surface area contributed by atoms with Gasteiger partial charge in [-0.25, -0.2) is 27.6 Å². The molecule has 0 spiro atoms. The molecule has 2 amide bonds. The number of ether oxygens (including phenoxy) is 1. The minimum atomic E-state index is -5.08. The largest absolute Gasteiger partial charge is 0.490 e. The number of nitrogens with zero attached hydrogens (tertiary/aromatic N) is 1. The fourth-order valence-electron chi connectivity index (χ4n) is 5.70. The van der Waals surface area contributed by atoms with Crippen molar-refractivity contribution in [2.24, 2.45) is 11.7 Å². The van der Waals surface area contributed by atoms with Crippen molar-refractivity contribution in [3.63, 3.8) is 0 Å². The van der Waals surface area contributed by atoms with Gasteiger partial charge in [-0.2, -0.15) is 26.3 Å². The van der Waals surface area contributed by atoms with Crippen LogP contribution in [0.2, 0.25) is 0 Å². The average Bonchev–Trinajstić information content (AvgIpc) is 3.49. The lowest BCUT2D eigenvalue weighted by Crippen LogP contribution is -2.55. The first-order valence-corrected chi connectivity index (χ1v) is 16.5. The second kappa shape index (κ2) is 21.4. The summed E-state index contributed by atoms with van der Waals surface area (Å²) in [7, 11) is 0. The van der Waals surface area contributed by atoms with Crippen LogP contribution in [0.15, 0.2) is 12.1 Å². The number of hydrogen-bond acceptors (Lipinski definition) is 9. The molecule has 312 valence electrons. The van der Waals surface area contributed by atoms with Gasteiger partial charge >= 0.3 is 36.2 Å². The summed E-state index contributed by atoms with van der Waals surface area (Å²) in [6.07, 6.45) is -6.08. The molecule has 2 aliphatic rings. The number of carbonyl (C=O) groups is 6. The monoisotopic (exact) mass is 812 g/mol. The van der Waals surface area contributed by atoms with E-state index in [2.05, 4.69) is 10.6 Å². The van der Waals surface area contributed by atoms with Crippen molar-refractivity contribution >= 4 is 35.7 Å². The normalized spacial score (nSPS) is 19.0. The van der Waals surface area contributed by atoms with E-state index in [0.717, 1.165) is 32.1 Å². The highest BCUT2D eigenvalue weighted by Crippen LogP contribution is 2.28. The number of likely N-dealkylation sites (tertiary alicyclic amines) is 1. The summed E-state index contributed by atoms with van der Waals surface area (Å²) in [5.74, 6) is -11.8. The maximum absolute atomic E-state index is 13.9. The van der Waals surface area contributed by atoms with Gasteiger partial charge in [0, 0.05) is 37.5 Å². The molecule has 0 unspecified atom stereocenters. The molecule has 1 saturated carbocycles. The van der Waals surface area contributed by atoms with Crippen molar-refractivity contribution in [3.8, 4) is 0 Å². The predicted octanol–water partition coefficient (Wildman–Crippen LogP) is 3.29. The molecule has 5 atom stereocenters. The highest BCUT2D eigenvalue weighted by molar-refractivity contribution is 5.88. The molecule has 1 aliphatic heterocycles. The Hall–Kier alpha value is -4.67. The Bertz CT molecular complexity index is 1480. The smallest absolute Gasteiger partial charge is 0.480 e. The third-order valence-electron chi connectivity index (χ3n) is 8.20. The average molecular weight is 813 g/mol. The number of nitrogens with one attached hydrogen (secondary N) is 2. The zero-order chi connectivity index (χ0) is 42.4. The summed E-state index contributed by atoms with van der Waals surface area (Å²) < 4.78 is 109. The van der Waals surface area contributed by atoms with Crippen molar-refractivity contribution in [2.45, 2.75) is 108 Å². The van der Waals surface area contributed by atoms with Gasteiger partial charge in [-0.1, -0.05) is 19.3 Å². The topological polar surface area (TPSA) is 226 Å².